The molecule has 0 aliphatic heterocycles. The first kappa shape index (κ1) is 13.3. The van der Waals surface area contributed by atoms with Crippen LogP contribution in [0.4, 0.5) is 0 Å². The molecule has 1 heterocycles. The zero-order chi connectivity index (χ0) is 14.0. The van der Waals surface area contributed by atoms with Crippen molar-refractivity contribution in [2.45, 2.75) is 44.6 Å². The second-order valence-electron chi connectivity index (χ2n) is 5.80. The molecule has 1 unspecified atom stereocenters. The second kappa shape index (κ2) is 5.37. The maximum absolute atomic E-state index is 5.43. The van der Waals surface area contributed by atoms with Crippen molar-refractivity contribution in [2.24, 2.45) is 0 Å². The van der Waals surface area contributed by atoms with Crippen molar-refractivity contribution in [1.29, 1.82) is 0 Å². The van der Waals surface area contributed by atoms with E-state index in [1.807, 2.05) is 6.07 Å². The topological polar surface area (TPSA) is 51.0 Å². The van der Waals surface area contributed by atoms with E-state index in [1.165, 1.54) is 18.4 Å². The molecule has 106 valence electrons. The first-order valence-electron chi connectivity index (χ1n) is 7.33. The van der Waals surface area contributed by atoms with Crippen LogP contribution in [0.2, 0.25) is 0 Å². The van der Waals surface area contributed by atoms with E-state index in [0.29, 0.717) is 0 Å². The van der Waals surface area contributed by atoms with Gasteiger partial charge in [0.05, 0.1) is 0 Å². The van der Waals surface area contributed by atoms with Crippen LogP contribution in [0, 0.1) is 0 Å². The molecule has 1 atom stereocenters. The number of nitrogens with zero attached hydrogens (tertiary/aromatic N) is 2. The van der Waals surface area contributed by atoms with Crippen molar-refractivity contribution in [1.82, 2.24) is 15.5 Å². The molecule has 0 amide bonds. The van der Waals surface area contributed by atoms with Crippen LogP contribution in [0.25, 0.3) is 0 Å². The Kier molecular flexibility index (Phi) is 3.57. The van der Waals surface area contributed by atoms with Crippen molar-refractivity contribution in [3.63, 3.8) is 0 Å². The zero-order valence-corrected chi connectivity index (χ0v) is 12.1. The average molecular weight is 271 g/mol. The molecule has 1 N–H and O–H groups in total. The monoisotopic (exact) mass is 271 g/mol. The van der Waals surface area contributed by atoms with Crippen LogP contribution in [0.1, 0.15) is 50.0 Å². The Morgan fingerprint density at radius 1 is 1.30 bits per heavy atom. The Morgan fingerprint density at radius 2 is 2.05 bits per heavy atom. The normalized spacial score (nSPS) is 17.9. The molecular weight excluding hydrogens is 250 g/mol. The summed E-state index contributed by atoms with van der Waals surface area (Å²) in [5.74, 6) is 1.60. The summed E-state index contributed by atoms with van der Waals surface area (Å²) in [7, 11) is 0. The number of rotatable bonds is 6. The zero-order valence-electron chi connectivity index (χ0n) is 12.1. The molecule has 1 aromatic carbocycles. The van der Waals surface area contributed by atoms with E-state index in [-0.39, 0.29) is 11.5 Å². The fourth-order valence-electron chi connectivity index (χ4n) is 2.41. The van der Waals surface area contributed by atoms with E-state index in [0.717, 1.165) is 24.7 Å². The third kappa shape index (κ3) is 2.75. The van der Waals surface area contributed by atoms with E-state index in [9.17, 15) is 0 Å². The third-order valence-corrected chi connectivity index (χ3v) is 4.04. The van der Waals surface area contributed by atoms with Gasteiger partial charge in [-0.05, 0) is 24.9 Å². The minimum absolute atomic E-state index is 0.169. The highest BCUT2D eigenvalue weighted by Gasteiger charge is 2.43. The average Bonchev–Trinajstić information content (AvgIpc) is 3.04. The number of likely N-dealkylation sites (N-methyl/N-ethyl adjacent to an activating group) is 1. The molecule has 3 rings (SSSR count). The second-order valence-corrected chi connectivity index (χ2v) is 5.80. The molecular formula is C16H21N3O. The molecule has 0 spiro atoms. The number of hydrogen-bond donors (Lipinski definition) is 1. The molecule has 0 bridgehead atoms. The Bertz CT molecular complexity index is 560. The van der Waals surface area contributed by atoms with Gasteiger partial charge in [0, 0.05) is 17.9 Å². The summed E-state index contributed by atoms with van der Waals surface area (Å²) in [5.41, 5.74) is 1.43. The lowest BCUT2D eigenvalue weighted by Gasteiger charge is -2.16. The summed E-state index contributed by atoms with van der Waals surface area (Å²) in [5, 5.41) is 7.63. The van der Waals surface area contributed by atoms with Gasteiger partial charge < -0.3 is 9.84 Å². The fraction of sp³-hybridized carbons (Fsp3) is 0.500. The summed E-state index contributed by atoms with van der Waals surface area (Å²) < 4.78 is 5.43. The first-order chi connectivity index (χ1) is 9.71. The largest absolute Gasteiger partial charge is 0.339 e. The number of aromatic nitrogens is 2. The number of hydrogen-bond acceptors (Lipinski definition) is 4. The highest BCUT2D eigenvalue weighted by molar-refractivity contribution is 5.20. The first-order valence-corrected chi connectivity index (χ1v) is 7.33. The molecule has 1 saturated carbocycles. The quantitative estimate of drug-likeness (QED) is 0.877. The van der Waals surface area contributed by atoms with Crippen LogP contribution in [0.15, 0.2) is 34.9 Å². The Labute approximate surface area is 119 Å². The third-order valence-electron chi connectivity index (χ3n) is 4.04. The SMILES string of the molecule is CCNC(Cc1nc(C2(C)CC2)no1)c1ccccc1. The van der Waals surface area contributed by atoms with Crippen LogP contribution in [-0.4, -0.2) is 16.7 Å². The van der Waals surface area contributed by atoms with Crippen LogP contribution in [0.5, 0.6) is 0 Å². The van der Waals surface area contributed by atoms with Crippen LogP contribution in [0.3, 0.4) is 0 Å². The van der Waals surface area contributed by atoms with Crippen molar-refractivity contribution >= 4 is 0 Å². The van der Waals surface area contributed by atoms with Crippen LogP contribution < -0.4 is 5.32 Å². The molecule has 4 nitrogen and oxygen atoms in total. The van der Waals surface area contributed by atoms with Gasteiger partial charge >= 0.3 is 0 Å². The molecule has 0 saturated heterocycles. The van der Waals surface area contributed by atoms with Gasteiger partial charge in [0.15, 0.2) is 5.82 Å². The predicted octanol–water partition coefficient (Wildman–Crippen LogP) is 3.01. The van der Waals surface area contributed by atoms with Gasteiger partial charge in [-0.15, -0.1) is 0 Å². The molecule has 1 aromatic heterocycles. The van der Waals surface area contributed by atoms with E-state index < -0.39 is 0 Å². The van der Waals surface area contributed by atoms with E-state index in [2.05, 4.69) is 53.6 Å². The lowest BCUT2D eigenvalue weighted by atomic mass is 10.0. The summed E-state index contributed by atoms with van der Waals surface area (Å²) >= 11 is 0. The summed E-state index contributed by atoms with van der Waals surface area (Å²) in [6, 6.07) is 10.6. The van der Waals surface area contributed by atoms with E-state index in [1.54, 1.807) is 0 Å². The molecule has 1 fully saturated rings. The van der Waals surface area contributed by atoms with Gasteiger partial charge in [-0.2, -0.15) is 4.98 Å². The summed E-state index contributed by atoms with van der Waals surface area (Å²) in [6.45, 7) is 5.22. The number of benzene rings is 1. The molecule has 4 heteroatoms. The highest BCUT2D eigenvalue weighted by atomic mass is 16.5. The lowest BCUT2D eigenvalue weighted by Crippen LogP contribution is -2.23. The van der Waals surface area contributed by atoms with Gasteiger partial charge in [-0.1, -0.05) is 49.3 Å². The smallest absolute Gasteiger partial charge is 0.228 e. The van der Waals surface area contributed by atoms with E-state index >= 15 is 0 Å². The van der Waals surface area contributed by atoms with Gasteiger partial charge in [-0.3, -0.25) is 0 Å². The van der Waals surface area contributed by atoms with Gasteiger partial charge in [0.1, 0.15) is 0 Å². The Hall–Kier alpha value is -1.68. The van der Waals surface area contributed by atoms with Crippen LogP contribution in [-0.2, 0) is 11.8 Å². The van der Waals surface area contributed by atoms with Gasteiger partial charge in [0.2, 0.25) is 5.89 Å². The molecule has 1 aliphatic rings. The fourth-order valence-corrected chi connectivity index (χ4v) is 2.41. The Morgan fingerprint density at radius 3 is 2.70 bits per heavy atom. The molecule has 2 aromatic rings. The summed E-state index contributed by atoms with van der Waals surface area (Å²) in [4.78, 5) is 4.57. The Balaban J connectivity index is 1.75. The van der Waals surface area contributed by atoms with Crippen molar-refractivity contribution in [3.8, 4) is 0 Å². The molecule has 20 heavy (non-hydrogen) atoms. The standard InChI is InChI=1S/C16H21N3O/c1-3-17-13(12-7-5-4-6-8-12)11-14-18-15(19-20-14)16(2)9-10-16/h4-8,13,17H,3,9-11H2,1-2H3. The maximum Gasteiger partial charge on any atom is 0.228 e. The summed E-state index contributed by atoms with van der Waals surface area (Å²) in [6.07, 6.45) is 3.07. The minimum Gasteiger partial charge on any atom is -0.339 e. The van der Waals surface area contributed by atoms with Gasteiger partial charge in [0.25, 0.3) is 0 Å². The minimum atomic E-state index is 0.169. The predicted molar refractivity (Wildman–Crippen MR) is 77.4 cm³/mol. The maximum atomic E-state index is 5.43. The van der Waals surface area contributed by atoms with Crippen molar-refractivity contribution in [2.75, 3.05) is 6.54 Å². The molecule has 1 aliphatic carbocycles. The number of nitrogens with one attached hydrogen (secondary N) is 1. The van der Waals surface area contributed by atoms with Crippen LogP contribution >= 0.6 is 0 Å². The van der Waals surface area contributed by atoms with Gasteiger partial charge in [-0.25, -0.2) is 0 Å². The van der Waals surface area contributed by atoms with Crippen molar-refractivity contribution in [3.05, 3.63) is 47.6 Å². The lowest BCUT2D eigenvalue weighted by molar-refractivity contribution is 0.353. The highest BCUT2D eigenvalue weighted by Crippen LogP contribution is 2.46. The molecule has 0 radical (unpaired) electrons. The van der Waals surface area contributed by atoms with E-state index in [4.69, 9.17) is 4.52 Å². The van der Waals surface area contributed by atoms with Crippen molar-refractivity contribution < 1.29 is 4.52 Å².